The second-order valence-corrected chi connectivity index (χ2v) is 6.34. The number of methoxy groups -OCH3 is 1. The Morgan fingerprint density at radius 2 is 2.00 bits per heavy atom. The number of ether oxygens (including phenoxy) is 1. The van der Waals surface area contributed by atoms with Crippen LogP contribution in [0.4, 0.5) is 5.13 Å². The number of amides is 1. The van der Waals surface area contributed by atoms with Crippen LogP contribution in [-0.2, 0) is 11.2 Å². The van der Waals surface area contributed by atoms with E-state index in [4.69, 9.17) is 9.84 Å². The molecule has 0 radical (unpaired) electrons. The van der Waals surface area contributed by atoms with Crippen molar-refractivity contribution >= 4 is 34.1 Å². The average molecular weight is 346 g/mol. The fourth-order valence-electron chi connectivity index (χ4n) is 2.47. The molecule has 1 aliphatic rings. The van der Waals surface area contributed by atoms with Crippen molar-refractivity contribution in [1.29, 1.82) is 0 Å². The van der Waals surface area contributed by atoms with Gasteiger partial charge in [0.25, 0.3) is 5.91 Å². The van der Waals surface area contributed by atoms with Crippen molar-refractivity contribution in [3.63, 3.8) is 0 Å². The first-order valence-corrected chi connectivity index (χ1v) is 8.00. The number of hydrogen-bond donors (Lipinski definition) is 2. The maximum atomic E-state index is 12.2. The number of hydrogen-bond acceptors (Lipinski definition) is 6. The molecular weight excluding hydrogens is 332 g/mol. The second kappa shape index (κ2) is 6.40. The zero-order chi connectivity index (χ0) is 17.3. The number of aromatic nitrogens is 1. The van der Waals surface area contributed by atoms with Gasteiger partial charge in [0.1, 0.15) is 5.75 Å². The van der Waals surface area contributed by atoms with Gasteiger partial charge in [-0.1, -0.05) is 11.3 Å². The highest BCUT2D eigenvalue weighted by Crippen LogP contribution is 2.32. The van der Waals surface area contributed by atoms with Crippen molar-refractivity contribution < 1.29 is 24.2 Å². The summed E-state index contributed by atoms with van der Waals surface area (Å²) in [6, 6.07) is 6.58. The van der Waals surface area contributed by atoms with Gasteiger partial charge in [-0.3, -0.25) is 19.7 Å². The van der Waals surface area contributed by atoms with Gasteiger partial charge >= 0.3 is 5.97 Å². The van der Waals surface area contributed by atoms with E-state index in [2.05, 4.69) is 10.3 Å². The van der Waals surface area contributed by atoms with Gasteiger partial charge in [-0.15, -0.1) is 0 Å². The third-order valence-electron chi connectivity index (χ3n) is 3.74. The van der Waals surface area contributed by atoms with Crippen LogP contribution in [0.3, 0.4) is 0 Å². The van der Waals surface area contributed by atoms with Crippen molar-refractivity contribution in [1.82, 2.24) is 4.98 Å². The summed E-state index contributed by atoms with van der Waals surface area (Å²) in [5.41, 5.74) is 0.868. The van der Waals surface area contributed by atoms with Crippen molar-refractivity contribution in [2.24, 2.45) is 5.92 Å². The highest BCUT2D eigenvalue weighted by molar-refractivity contribution is 7.17. The first kappa shape index (κ1) is 16.1. The van der Waals surface area contributed by atoms with E-state index < -0.39 is 11.9 Å². The molecule has 7 nitrogen and oxygen atoms in total. The Labute approximate surface area is 141 Å². The number of Topliss-reactive ketones (excluding diaryl/α,β-unsaturated/α-hetero) is 1. The van der Waals surface area contributed by atoms with Crippen LogP contribution in [0.25, 0.3) is 0 Å². The van der Waals surface area contributed by atoms with Crippen LogP contribution >= 0.6 is 11.3 Å². The van der Waals surface area contributed by atoms with Gasteiger partial charge in [0.05, 0.1) is 23.6 Å². The number of aliphatic carboxylic acids is 1. The minimum Gasteiger partial charge on any atom is -0.497 e. The number of carbonyl (C=O) groups excluding carboxylic acids is 2. The summed E-state index contributed by atoms with van der Waals surface area (Å²) in [5.74, 6) is -1.72. The molecule has 0 unspecified atom stereocenters. The lowest BCUT2D eigenvalue weighted by atomic mass is 9.90. The summed E-state index contributed by atoms with van der Waals surface area (Å²) in [5, 5.41) is 12.0. The van der Waals surface area contributed by atoms with Crippen molar-refractivity contribution in [3.05, 3.63) is 40.4 Å². The number of anilines is 1. The number of rotatable bonds is 4. The monoisotopic (exact) mass is 346 g/mol. The summed E-state index contributed by atoms with van der Waals surface area (Å²) in [6.45, 7) is 0. The molecule has 124 valence electrons. The minimum absolute atomic E-state index is 0.0314. The fraction of sp³-hybridized carbons (Fsp3) is 0.250. The number of carboxylic acids is 1. The van der Waals surface area contributed by atoms with E-state index in [1.165, 1.54) is 7.11 Å². The molecule has 2 N–H and O–H groups in total. The number of nitrogens with zero attached hydrogens (tertiary/aromatic N) is 1. The van der Waals surface area contributed by atoms with Crippen LogP contribution in [-0.4, -0.2) is 34.9 Å². The van der Waals surface area contributed by atoms with Crippen molar-refractivity contribution in [3.8, 4) is 5.75 Å². The molecule has 0 saturated carbocycles. The van der Waals surface area contributed by atoms with E-state index >= 15 is 0 Å². The third kappa shape index (κ3) is 3.13. The predicted octanol–water partition coefficient (Wildman–Crippen LogP) is 2.23. The van der Waals surface area contributed by atoms with E-state index in [0.29, 0.717) is 27.0 Å². The first-order valence-electron chi connectivity index (χ1n) is 7.19. The molecule has 1 heterocycles. The number of carboxylic acid groups (broad SMARTS) is 1. The van der Waals surface area contributed by atoms with Gasteiger partial charge in [0, 0.05) is 18.4 Å². The topological polar surface area (TPSA) is 106 Å². The molecule has 0 spiro atoms. The molecule has 24 heavy (non-hydrogen) atoms. The molecule has 0 bridgehead atoms. The van der Waals surface area contributed by atoms with Crippen LogP contribution in [0, 0.1) is 5.92 Å². The van der Waals surface area contributed by atoms with Crippen molar-refractivity contribution in [2.45, 2.75) is 12.8 Å². The van der Waals surface area contributed by atoms with Crippen LogP contribution in [0.5, 0.6) is 5.75 Å². The summed E-state index contributed by atoms with van der Waals surface area (Å²) < 4.78 is 5.04. The van der Waals surface area contributed by atoms with E-state index in [-0.39, 0.29) is 24.5 Å². The van der Waals surface area contributed by atoms with Gasteiger partial charge in [-0.05, 0) is 24.3 Å². The maximum absolute atomic E-state index is 12.2. The molecule has 3 rings (SSSR count). The first-order chi connectivity index (χ1) is 11.5. The second-order valence-electron chi connectivity index (χ2n) is 5.34. The molecule has 1 aromatic heterocycles. The van der Waals surface area contributed by atoms with E-state index in [1.807, 2.05) is 0 Å². The molecule has 8 heteroatoms. The van der Waals surface area contributed by atoms with Crippen molar-refractivity contribution in [2.75, 3.05) is 12.4 Å². The maximum Gasteiger partial charge on any atom is 0.307 e. The van der Waals surface area contributed by atoms with Crippen LogP contribution in [0.15, 0.2) is 24.3 Å². The van der Waals surface area contributed by atoms with Gasteiger partial charge in [0.15, 0.2) is 10.9 Å². The molecule has 1 aliphatic carbocycles. The molecule has 0 saturated heterocycles. The lowest BCUT2D eigenvalue weighted by Gasteiger charge is -2.15. The van der Waals surface area contributed by atoms with Crippen LogP contribution in [0.2, 0.25) is 0 Å². The zero-order valence-corrected chi connectivity index (χ0v) is 13.6. The van der Waals surface area contributed by atoms with Crippen LogP contribution < -0.4 is 10.1 Å². The largest absolute Gasteiger partial charge is 0.497 e. The fourth-order valence-corrected chi connectivity index (χ4v) is 3.41. The minimum atomic E-state index is -1.01. The normalized spacial score (nSPS) is 16.4. The summed E-state index contributed by atoms with van der Waals surface area (Å²) >= 11 is 1.08. The lowest BCUT2D eigenvalue weighted by molar-refractivity contribution is -0.141. The average Bonchev–Trinajstić information content (AvgIpc) is 2.97. The zero-order valence-electron chi connectivity index (χ0n) is 12.7. The highest BCUT2D eigenvalue weighted by atomic mass is 32.1. The third-order valence-corrected chi connectivity index (χ3v) is 4.80. The lowest BCUT2D eigenvalue weighted by Crippen LogP contribution is -2.25. The Morgan fingerprint density at radius 3 is 2.62 bits per heavy atom. The van der Waals surface area contributed by atoms with Gasteiger partial charge in [-0.2, -0.15) is 0 Å². The Balaban J connectivity index is 1.77. The molecule has 0 aliphatic heterocycles. The molecule has 1 amide bonds. The smallest absolute Gasteiger partial charge is 0.307 e. The standard InChI is InChI=1S/C16H14N2O5S/c1-23-10-4-2-8(3-5-10)14(20)18-16-17-11-6-9(15(21)22)7-12(19)13(11)24-16/h2-5,9H,6-7H2,1H3,(H,21,22)(H,17,18,20)/t9-/m1/s1. The van der Waals surface area contributed by atoms with E-state index in [1.54, 1.807) is 24.3 Å². The van der Waals surface area contributed by atoms with Gasteiger partial charge in [-0.25, -0.2) is 4.98 Å². The molecule has 0 fully saturated rings. The Hall–Kier alpha value is -2.74. The van der Waals surface area contributed by atoms with E-state index in [0.717, 1.165) is 11.3 Å². The Bertz CT molecular complexity index is 812. The predicted molar refractivity (Wildman–Crippen MR) is 86.8 cm³/mol. The highest BCUT2D eigenvalue weighted by Gasteiger charge is 2.33. The van der Waals surface area contributed by atoms with Gasteiger partial charge < -0.3 is 9.84 Å². The van der Waals surface area contributed by atoms with Crippen LogP contribution in [0.1, 0.15) is 32.1 Å². The molecule has 1 aromatic carbocycles. The number of carbonyl (C=O) groups is 3. The molecule has 2 aromatic rings. The summed E-state index contributed by atoms with van der Waals surface area (Å²) in [7, 11) is 1.54. The number of ketones is 1. The number of fused-ring (bicyclic) bond motifs is 1. The molecular formula is C16H14N2O5S. The Kier molecular flexibility index (Phi) is 4.30. The van der Waals surface area contributed by atoms with Gasteiger partial charge in [0.2, 0.25) is 0 Å². The summed E-state index contributed by atoms with van der Waals surface area (Å²) in [4.78, 5) is 40.0. The summed E-state index contributed by atoms with van der Waals surface area (Å²) in [6.07, 6.45) is 0.168. The Morgan fingerprint density at radius 1 is 1.29 bits per heavy atom. The SMILES string of the molecule is COc1ccc(C(=O)Nc2nc3c(s2)C(=O)C[C@H](C(=O)O)C3)cc1. The number of nitrogens with one attached hydrogen (secondary N) is 1. The quantitative estimate of drug-likeness (QED) is 0.879. The number of benzene rings is 1. The molecule has 1 atom stereocenters. The van der Waals surface area contributed by atoms with E-state index in [9.17, 15) is 14.4 Å². The number of thiazole rings is 1.